The lowest BCUT2D eigenvalue weighted by Gasteiger charge is -2.09. The summed E-state index contributed by atoms with van der Waals surface area (Å²) in [6.07, 6.45) is 2.23. The molecule has 0 unspecified atom stereocenters. The van der Waals surface area contributed by atoms with E-state index in [0.717, 1.165) is 10.9 Å². The van der Waals surface area contributed by atoms with E-state index in [-0.39, 0.29) is 12.3 Å². The topological polar surface area (TPSA) is 106 Å². The second-order valence-electron chi connectivity index (χ2n) is 7.43. The molecule has 3 aromatic carbocycles. The summed E-state index contributed by atoms with van der Waals surface area (Å²) in [6, 6.07) is 17.9. The Labute approximate surface area is 221 Å². The summed E-state index contributed by atoms with van der Waals surface area (Å²) in [5.41, 5.74) is 3.51. The largest absolute Gasteiger partial charge is 0.494 e. The molecule has 0 aliphatic heterocycles. The van der Waals surface area contributed by atoms with Crippen molar-refractivity contribution in [3.63, 3.8) is 0 Å². The van der Waals surface area contributed by atoms with Crippen LogP contribution in [0.15, 0.2) is 76.3 Å². The summed E-state index contributed by atoms with van der Waals surface area (Å²) in [5, 5.41) is 6.90. The molecule has 36 heavy (non-hydrogen) atoms. The molecule has 0 radical (unpaired) electrons. The Morgan fingerprint density at radius 3 is 2.39 bits per heavy atom. The molecule has 3 aromatic rings. The molecule has 2 amide bonds. The van der Waals surface area contributed by atoms with Crippen LogP contribution in [0.25, 0.3) is 0 Å². The van der Waals surface area contributed by atoms with Gasteiger partial charge in [-0.15, -0.1) is 0 Å². The van der Waals surface area contributed by atoms with Crippen molar-refractivity contribution in [2.45, 2.75) is 13.3 Å². The molecule has 0 aliphatic carbocycles. The molecule has 0 atom stereocenters. The van der Waals surface area contributed by atoms with Crippen molar-refractivity contribution < 1.29 is 23.9 Å². The van der Waals surface area contributed by atoms with E-state index in [0.29, 0.717) is 34.1 Å². The smallest absolute Gasteiger partial charge is 0.343 e. The normalized spacial score (nSPS) is 10.6. The van der Waals surface area contributed by atoms with Gasteiger partial charge < -0.3 is 14.8 Å². The molecule has 0 aliphatic rings. The highest BCUT2D eigenvalue weighted by Crippen LogP contribution is 2.23. The molecule has 0 aromatic heterocycles. The zero-order chi connectivity index (χ0) is 25.9. The summed E-state index contributed by atoms with van der Waals surface area (Å²) in [4.78, 5) is 36.8. The minimum absolute atomic E-state index is 0.253. The Morgan fingerprint density at radius 2 is 1.69 bits per heavy atom. The van der Waals surface area contributed by atoms with Crippen molar-refractivity contribution in [2.24, 2.45) is 5.10 Å². The number of hydrogen-bond acceptors (Lipinski definition) is 6. The van der Waals surface area contributed by atoms with E-state index >= 15 is 0 Å². The second kappa shape index (κ2) is 13.4. The van der Waals surface area contributed by atoms with Gasteiger partial charge in [-0.1, -0.05) is 34.5 Å². The van der Waals surface area contributed by atoms with Crippen LogP contribution in [-0.2, 0) is 4.79 Å². The van der Waals surface area contributed by atoms with Crippen LogP contribution in [0, 0.1) is 0 Å². The van der Waals surface area contributed by atoms with Crippen molar-refractivity contribution in [3.05, 3.63) is 92.9 Å². The van der Waals surface area contributed by atoms with Crippen LogP contribution in [0.5, 0.6) is 11.5 Å². The summed E-state index contributed by atoms with van der Waals surface area (Å²) < 4.78 is 11.8. The van der Waals surface area contributed by atoms with Gasteiger partial charge in [-0.2, -0.15) is 5.10 Å². The molecule has 186 valence electrons. The van der Waals surface area contributed by atoms with Crippen LogP contribution in [0.2, 0.25) is 5.02 Å². The Balaban J connectivity index is 1.57. The van der Waals surface area contributed by atoms with Crippen molar-refractivity contribution in [1.82, 2.24) is 10.7 Å². The highest BCUT2D eigenvalue weighted by atomic mass is 79.9. The number of hydrazone groups is 1. The summed E-state index contributed by atoms with van der Waals surface area (Å²) in [6.45, 7) is 2.32. The van der Waals surface area contributed by atoms with E-state index in [9.17, 15) is 14.4 Å². The molecule has 0 heterocycles. The standard InChI is InChI=1S/C26H23BrClN3O5/c1-2-13-35-22-10-5-18(6-11-22)26(34)36-23-12-7-20(27)14-19(23)15-30-31-24(32)16-29-25(33)17-3-8-21(28)9-4-17/h3-12,14-15H,2,13,16H2,1H3,(H,29,33)(H,31,32)/b30-15+. The number of rotatable bonds is 10. The van der Waals surface area contributed by atoms with Crippen molar-refractivity contribution in [1.29, 1.82) is 0 Å². The molecular formula is C26H23BrClN3O5. The van der Waals surface area contributed by atoms with Gasteiger partial charge in [0.15, 0.2) is 0 Å². The van der Waals surface area contributed by atoms with Crippen LogP contribution in [0.1, 0.15) is 39.6 Å². The first-order valence-electron chi connectivity index (χ1n) is 11.0. The molecule has 2 N–H and O–H groups in total. The number of halogens is 2. The van der Waals surface area contributed by atoms with Gasteiger partial charge in [0.2, 0.25) is 0 Å². The van der Waals surface area contributed by atoms with Gasteiger partial charge in [0.1, 0.15) is 11.5 Å². The Hall–Kier alpha value is -3.69. The van der Waals surface area contributed by atoms with Gasteiger partial charge in [0, 0.05) is 20.6 Å². The van der Waals surface area contributed by atoms with Crippen LogP contribution >= 0.6 is 27.5 Å². The van der Waals surface area contributed by atoms with E-state index in [2.05, 4.69) is 31.8 Å². The van der Waals surface area contributed by atoms with Crippen molar-refractivity contribution >= 4 is 51.5 Å². The van der Waals surface area contributed by atoms with Crippen molar-refractivity contribution in [3.8, 4) is 11.5 Å². The average Bonchev–Trinajstić information content (AvgIpc) is 2.88. The SMILES string of the molecule is CCCOc1ccc(C(=O)Oc2ccc(Br)cc2/C=N/NC(=O)CNC(=O)c2ccc(Cl)cc2)cc1. The van der Waals surface area contributed by atoms with Crippen LogP contribution in [-0.4, -0.2) is 37.1 Å². The average molecular weight is 573 g/mol. The highest BCUT2D eigenvalue weighted by Gasteiger charge is 2.12. The third kappa shape index (κ3) is 8.21. The fourth-order valence-electron chi connectivity index (χ4n) is 2.86. The maximum Gasteiger partial charge on any atom is 0.343 e. The predicted octanol–water partition coefficient (Wildman–Crippen LogP) is 4.99. The van der Waals surface area contributed by atoms with E-state index in [4.69, 9.17) is 21.1 Å². The first-order valence-corrected chi connectivity index (χ1v) is 12.1. The third-order valence-corrected chi connectivity index (χ3v) is 5.39. The minimum Gasteiger partial charge on any atom is -0.494 e. The van der Waals surface area contributed by atoms with Crippen LogP contribution < -0.4 is 20.2 Å². The maximum absolute atomic E-state index is 12.6. The first-order chi connectivity index (χ1) is 17.4. The van der Waals surface area contributed by atoms with Gasteiger partial charge in [0.05, 0.1) is 24.9 Å². The number of carbonyl (C=O) groups excluding carboxylic acids is 3. The number of nitrogens with one attached hydrogen (secondary N) is 2. The molecule has 0 bridgehead atoms. The van der Waals surface area contributed by atoms with E-state index < -0.39 is 17.8 Å². The zero-order valence-electron chi connectivity index (χ0n) is 19.3. The molecule has 3 rings (SSSR count). The number of carbonyl (C=O) groups is 3. The quantitative estimate of drug-likeness (QED) is 0.154. The van der Waals surface area contributed by atoms with Gasteiger partial charge in [-0.3, -0.25) is 9.59 Å². The summed E-state index contributed by atoms with van der Waals surface area (Å²) in [5.74, 6) is -0.582. The predicted molar refractivity (Wildman–Crippen MR) is 141 cm³/mol. The van der Waals surface area contributed by atoms with Gasteiger partial charge in [-0.05, 0) is 73.2 Å². The van der Waals surface area contributed by atoms with Gasteiger partial charge in [-0.25, -0.2) is 10.2 Å². The Kier molecular flexibility index (Phi) is 10.0. The lowest BCUT2D eigenvalue weighted by Crippen LogP contribution is -2.34. The number of esters is 1. The third-order valence-electron chi connectivity index (χ3n) is 4.65. The lowest BCUT2D eigenvalue weighted by molar-refractivity contribution is -0.120. The molecule has 0 fully saturated rings. The van der Waals surface area contributed by atoms with Gasteiger partial charge in [0.25, 0.3) is 11.8 Å². The molecule has 0 spiro atoms. The van der Waals surface area contributed by atoms with Crippen LogP contribution in [0.3, 0.4) is 0 Å². The molecular weight excluding hydrogens is 550 g/mol. The number of hydrogen-bond donors (Lipinski definition) is 2. The van der Waals surface area contributed by atoms with Crippen LogP contribution in [0.4, 0.5) is 0 Å². The molecule has 8 nitrogen and oxygen atoms in total. The van der Waals surface area contributed by atoms with E-state index in [1.165, 1.54) is 6.21 Å². The first kappa shape index (κ1) is 26.9. The maximum atomic E-state index is 12.6. The lowest BCUT2D eigenvalue weighted by atomic mass is 10.2. The minimum atomic E-state index is -0.553. The number of ether oxygens (including phenoxy) is 2. The Morgan fingerprint density at radius 1 is 1.00 bits per heavy atom. The number of nitrogens with zero attached hydrogens (tertiary/aromatic N) is 1. The molecule has 0 saturated carbocycles. The monoisotopic (exact) mass is 571 g/mol. The number of benzene rings is 3. The second-order valence-corrected chi connectivity index (χ2v) is 8.78. The molecule has 10 heteroatoms. The summed E-state index contributed by atoms with van der Waals surface area (Å²) in [7, 11) is 0. The Bertz CT molecular complexity index is 1250. The summed E-state index contributed by atoms with van der Waals surface area (Å²) >= 11 is 9.17. The van der Waals surface area contributed by atoms with Crippen molar-refractivity contribution in [2.75, 3.05) is 13.2 Å². The fourth-order valence-corrected chi connectivity index (χ4v) is 3.36. The fraction of sp³-hybridized carbons (Fsp3) is 0.154. The van der Waals surface area contributed by atoms with Gasteiger partial charge >= 0.3 is 5.97 Å². The zero-order valence-corrected chi connectivity index (χ0v) is 21.6. The number of amides is 2. The molecule has 0 saturated heterocycles. The highest BCUT2D eigenvalue weighted by molar-refractivity contribution is 9.10. The van der Waals surface area contributed by atoms with E-state index in [1.807, 2.05) is 6.92 Å². The van der Waals surface area contributed by atoms with E-state index in [1.54, 1.807) is 66.7 Å².